The molecule has 0 spiro atoms. The van der Waals surface area contributed by atoms with Crippen LogP contribution in [0.4, 0.5) is 0 Å². The highest BCUT2D eigenvalue weighted by molar-refractivity contribution is 7.99. The standard InChI is InChI=1S/C13H18N2O2S/c1-18-10-7-5-9(6-8-10)14-13(17)11-3-2-4-12(16)15-11/h2-4,9-10H,5-8H2,1H3,(H,14,17)(H,15,16). The van der Waals surface area contributed by atoms with E-state index in [2.05, 4.69) is 16.6 Å². The predicted molar refractivity (Wildman–Crippen MR) is 74.1 cm³/mol. The Morgan fingerprint density at radius 1 is 1.33 bits per heavy atom. The van der Waals surface area contributed by atoms with E-state index in [9.17, 15) is 9.59 Å². The van der Waals surface area contributed by atoms with Gasteiger partial charge in [-0.25, -0.2) is 0 Å². The van der Waals surface area contributed by atoms with Crippen molar-refractivity contribution in [2.45, 2.75) is 37.0 Å². The molecule has 1 aromatic rings. The van der Waals surface area contributed by atoms with Crippen LogP contribution in [0.2, 0.25) is 0 Å². The van der Waals surface area contributed by atoms with Gasteiger partial charge in [0.15, 0.2) is 0 Å². The molecule has 98 valence electrons. The molecular formula is C13H18N2O2S. The fourth-order valence-corrected chi connectivity index (χ4v) is 3.03. The van der Waals surface area contributed by atoms with E-state index in [1.807, 2.05) is 11.8 Å². The predicted octanol–water partition coefficient (Wildman–Crippen LogP) is 1.78. The van der Waals surface area contributed by atoms with Crippen molar-refractivity contribution in [1.29, 1.82) is 0 Å². The maximum Gasteiger partial charge on any atom is 0.268 e. The zero-order valence-corrected chi connectivity index (χ0v) is 11.3. The van der Waals surface area contributed by atoms with Gasteiger partial charge in [-0.2, -0.15) is 11.8 Å². The van der Waals surface area contributed by atoms with Gasteiger partial charge < -0.3 is 10.3 Å². The van der Waals surface area contributed by atoms with E-state index in [4.69, 9.17) is 0 Å². The van der Waals surface area contributed by atoms with Gasteiger partial charge in [0.1, 0.15) is 5.69 Å². The molecule has 0 saturated heterocycles. The van der Waals surface area contributed by atoms with Gasteiger partial charge in [-0.3, -0.25) is 9.59 Å². The molecule has 5 heteroatoms. The molecule has 0 unspecified atom stereocenters. The molecular weight excluding hydrogens is 248 g/mol. The minimum atomic E-state index is -0.242. The summed E-state index contributed by atoms with van der Waals surface area (Å²) >= 11 is 1.90. The number of hydrogen-bond donors (Lipinski definition) is 2. The number of amides is 1. The highest BCUT2D eigenvalue weighted by Crippen LogP contribution is 2.26. The summed E-state index contributed by atoms with van der Waals surface area (Å²) in [6.45, 7) is 0. The van der Waals surface area contributed by atoms with E-state index >= 15 is 0 Å². The molecule has 2 rings (SSSR count). The molecule has 0 bridgehead atoms. The Bertz CT molecular complexity index is 464. The Hall–Kier alpha value is -1.23. The lowest BCUT2D eigenvalue weighted by Gasteiger charge is -2.27. The van der Waals surface area contributed by atoms with Crippen molar-refractivity contribution in [3.05, 3.63) is 34.2 Å². The van der Waals surface area contributed by atoms with E-state index in [0.29, 0.717) is 5.69 Å². The fourth-order valence-electron chi connectivity index (χ4n) is 2.29. The number of carbonyl (C=O) groups excluding carboxylic acids is 1. The van der Waals surface area contributed by atoms with Crippen LogP contribution >= 0.6 is 11.8 Å². The Morgan fingerprint density at radius 2 is 2.06 bits per heavy atom. The Balaban J connectivity index is 1.90. The quantitative estimate of drug-likeness (QED) is 0.876. The SMILES string of the molecule is CSC1CCC(NC(=O)c2cccc(=O)[nH]2)CC1. The second kappa shape index (κ2) is 6.09. The topological polar surface area (TPSA) is 62.0 Å². The molecule has 4 nitrogen and oxygen atoms in total. The Labute approximate surface area is 111 Å². The van der Waals surface area contributed by atoms with Gasteiger partial charge in [0, 0.05) is 17.4 Å². The van der Waals surface area contributed by atoms with Crippen LogP contribution in [-0.4, -0.2) is 28.4 Å². The highest BCUT2D eigenvalue weighted by Gasteiger charge is 2.22. The number of nitrogens with one attached hydrogen (secondary N) is 2. The van der Waals surface area contributed by atoms with Crippen LogP contribution in [0.25, 0.3) is 0 Å². The second-order valence-corrected chi connectivity index (χ2v) is 5.75. The number of aromatic nitrogens is 1. The molecule has 1 saturated carbocycles. The van der Waals surface area contributed by atoms with Crippen LogP contribution in [-0.2, 0) is 0 Å². The number of thioether (sulfide) groups is 1. The molecule has 18 heavy (non-hydrogen) atoms. The molecule has 0 radical (unpaired) electrons. The normalized spacial score (nSPS) is 23.6. The first kappa shape index (κ1) is 13.2. The van der Waals surface area contributed by atoms with Crippen molar-refractivity contribution in [3.8, 4) is 0 Å². The largest absolute Gasteiger partial charge is 0.348 e. The van der Waals surface area contributed by atoms with Gasteiger partial charge in [-0.1, -0.05) is 6.07 Å². The number of H-pyrrole nitrogens is 1. The molecule has 0 aliphatic heterocycles. The van der Waals surface area contributed by atoms with Gasteiger partial charge in [-0.05, 0) is 38.0 Å². The van der Waals surface area contributed by atoms with Gasteiger partial charge in [0.2, 0.25) is 5.56 Å². The third-order valence-corrected chi connectivity index (χ3v) is 4.49. The van der Waals surface area contributed by atoms with Crippen LogP contribution < -0.4 is 10.9 Å². The number of pyridine rings is 1. The smallest absolute Gasteiger partial charge is 0.268 e. The first-order chi connectivity index (χ1) is 8.69. The zero-order chi connectivity index (χ0) is 13.0. The summed E-state index contributed by atoms with van der Waals surface area (Å²) in [7, 11) is 0. The second-order valence-electron chi connectivity index (χ2n) is 4.61. The molecule has 1 amide bonds. The third kappa shape index (κ3) is 3.38. The zero-order valence-electron chi connectivity index (χ0n) is 10.4. The summed E-state index contributed by atoms with van der Waals surface area (Å²) in [5.74, 6) is -0.180. The molecule has 2 N–H and O–H groups in total. The maximum absolute atomic E-state index is 11.9. The van der Waals surface area contributed by atoms with Crippen molar-refractivity contribution < 1.29 is 4.79 Å². The summed E-state index contributed by atoms with van der Waals surface area (Å²) in [5.41, 5.74) is 0.100. The van der Waals surface area contributed by atoms with Crippen LogP contribution in [0.1, 0.15) is 36.2 Å². The van der Waals surface area contributed by atoms with Crippen LogP contribution in [0.3, 0.4) is 0 Å². The number of hydrogen-bond acceptors (Lipinski definition) is 3. The Kier molecular flexibility index (Phi) is 4.47. The summed E-state index contributed by atoms with van der Waals surface area (Å²) in [4.78, 5) is 25.6. The average Bonchev–Trinajstić information content (AvgIpc) is 2.39. The lowest BCUT2D eigenvalue weighted by molar-refractivity contribution is 0.0923. The monoisotopic (exact) mass is 266 g/mol. The Morgan fingerprint density at radius 3 is 2.67 bits per heavy atom. The van der Waals surface area contributed by atoms with E-state index in [0.717, 1.165) is 30.9 Å². The minimum absolute atomic E-state index is 0.180. The van der Waals surface area contributed by atoms with Gasteiger partial charge in [-0.15, -0.1) is 0 Å². The van der Waals surface area contributed by atoms with E-state index in [-0.39, 0.29) is 17.5 Å². The first-order valence-corrected chi connectivity index (χ1v) is 7.51. The van der Waals surface area contributed by atoms with Gasteiger partial charge in [0.05, 0.1) is 0 Å². The number of rotatable bonds is 3. The summed E-state index contributed by atoms with van der Waals surface area (Å²) in [6.07, 6.45) is 6.48. The van der Waals surface area contributed by atoms with Gasteiger partial charge >= 0.3 is 0 Å². The van der Waals surface area contributed by atoms with E-state index in [1.54, 1.807) is 12.1 Å². The molecule has 1 fully saturated rings. The third-order valence-electron chi connectivity index (χ3n) is 3.36. The van der Waals surface area contributed by atoms with Crippen LogP contribution in [0.15, 0.2) is 23.0 Å². The van der Waals surface area contributed by atoms with Crippen molar-refractivity contribution in [2.24, 2.45) is 0 Å². The maximum atomic E-state index is 11.9. The lowest BCUT2D eigenvalue weighted by atomic mass is 9.95. The van der Waals surface area contributed by atoms with Crippen LogP contribution in [0.5, 0.6) is 0 Å². The average molecular weight is 266 g/mol. The molecule has 0 aromatic carbocycles. The van der Waals surface area contributed by atoms with Crippen molar-refractivity contribution >= 4 is 17.7 Å². The van der Waals surface area contributed by atoms with Crippen molar-refractivity contribution in [3.63, 3.8) is 0 Å². The summed E-state index contributed by atoms with van der Waals surface area (Å²) in [6, 6.07) is 4.87. The first-order valence-electron chi connectivity index (χ1n) is 6.22. The summed E-state index contributed by atoms with van der Waals surface area (Å²) in [5, 5.41) is 3.72. The van der Waals surface area contributed by atoms with Crippen molar-refractivity contribution in [1.82, 2.24) is 10.3 Å². The molecule has 1 aliphatic rings. The van der Waals surface area contributed by atoms with E-state index in [1.165, 1.54) is 6.07 Å². The molecule has 1 aliphatic carbocycles. The lowest BCUT2D eigenvalue weighted by Crippen LogP contribution is -2.38. The van der Waals surface area contributed by atoms with Crippen LogP contribution in [0, 0.1) is 0 Å². The van der Waals surface area contributed by atoms with Crippen molar-refractivity contribution in [2.75, 3.05) is 6.26 Å². The molecule has 1 heterocycles. The van der Waals surface area contributed by atoms with Gasteiger partial charge in [0.25, 0.3) is 5.91 Å². The highest BCUT2D eigenvalue weighted by atomic mass is 32.2. The number of carbonyl (C=O) groups is 1. The molecule has 0 atom stereocenters. The summed E-state index contributed by atoms with van der Waals surface area (Å²) < 4.78 is 0. The molecule has 1 aromatic heterocycles. The fraction of sp³-hybridized carbons (Fsp3) is 0.538. The minimum Gasteiger partial charge on any atom is -0.348 e. The van der Waals surface area contributed by atoms with E-state index < -0.39 is 0 Å². The number of aromatic amines is 1.